The van der Waals surface area contributed by atoms with Crippen molar-refractivity contribution in [2.45, 2.75) is 20.5 Å². The lowest BCUT2D eigenvalue weighted by molar-refractivity contribution is -0.385. The number of carbonyl (C=O) groups excluding carboxylic acids is 6. The molecule has 0 radical (unpaired) electrons. The maximum atomic E-state index is 10.3. The van der Waals surface area contributed by atoms with Gasteiger partial charge in [-0.2, -0.15) is 19.2 Å². The van der Waals surface area contributed by atoms with Crippen LogP contribution in [0.25, 0.3) is 9.69 Å². The third-order valence-electron chi connectivity index (χ3n) is 5.73. The predicted octanol–water partition coefficient (Wildman–Crippen LogP) is 7.12. The van der Waals surface area contributed by atoms with Crippen LogP contribution in [-0.4, -0.2) is 40.0 Å². The molecule has 0 saturated carbocycles. The van der Waals surface area contributed by atoms with E-state index in [2.05, 4.69) is 19.2 Å². The number of aryl methyl sites for hydroxylation is 2. The molecular formula is C33H24Cl2N6O14. The fourth-order valence-corrected chi connectivity index (χ4v) is 3.67. The molecule has 0 amide bonds. The number of anilines is 1. The molecule has 0 aliphatic carbocycles. The minimum absolute atomic E-state index is 0.0142. The quantitative estimate of drug-likeness (QED) is 0.0610. The molecule has 0 heterocycles. The zero-order chi connectivity index (χ0) is 42.5. The molecule has 55 heavy (non-hydrogen) atoms. The Balaban J connectivity index is 0. The van der Waals surface area contributed by atoms with Gasteiger partial charge >= 0.3 is 12.3 Å². The Labute approximate surface area is 319 Å². The zero-order valence-corrected chi connectivity index (χ0v) is 29.6. The highest BCUT2D eigenvalue weighted by Crippen LogP contribution is 2.28. The van der Waals surface area contributed by atoms with E-state index < -0.39 is 14.8 Å². The van der Waals surface area contributed by atoms with Crippen molar-refractivity contribution in [2.24, 2.45) is 0 Å². The molecule has 0 spiro atoms. The summed E-state index contributed by atoms with van der Waals surface area (Å²) in [6, 6.07) is 17.1. The first kappa shape index (κ1) is 49.3. The van der Waals surface area contributed by atoms with Gasteiger partial charge in [-0.25, -0.2) is 9.69 Å². The van der Waals surface area contributed by atoms with Crippen molar-refractivity contribution in [1.82, 2.24) is 0 Å². The van der Waals surface area contributed by atoms with Crippen molar-refractivity contribution in [3.05, 3.63) is 153 Å². The number of nitro benzene ring substituents is 3. The van der Waals surface area contributed by atoms with Crippen LogP contribution in [0.1, 0.15) is 16.7 Å². The first-order chi connectivity index (χ1) is 26.0. The van der Waals surface area contributed by atoms with Gasteiger partial charge in [0.15, 0.2) is 11.4 Å². The fourth-order valence-electron chi connectivity index (χ4n) is 3.22. The Hall–Kier alpha value is -7.86. The maximum Gasteiger partial charge on any atom is 0.373 e. The topological polar surface area (TPSA) is 285 Å². The first-order valence-electron chi connectivity index (χ1n) is 13.9. The zero-order valence-electron chi connectivity index (χ0n) is 28.1. The van der Waals surface area contributed by atoms with Crippen molar-refractivity contribution in [3.8, 4) is 5.75 Å². The number of benzene rings is 4. The van der Waals surface area contributed by atoms with Gasteiger partial charge in [-0.3, -0.25) is 39.9 Å². The number of rotatable bonds is 8. The number of hydrogen-bond donors (Lipinski definition) is 1. The highest BCUT2D eigenvalue weighted by atomic mass is 35.5. The molecule has 0 bridgehead atoms. The number of non-ortho nitro benzene ring substituents is 3. The predicted molar refractivity (Wildman–Crippen MR) is 190 cm³/mol. The SMILES string of the molecule is O=C=O.O=C=O.O=COCc1ccc([N+](=O)[O-])cc1Cl.O=COc1ccc([N+](=O)[O-])cc1Cl.[C-]#[N+]c1cc(N)ccc1C.[C-]#[N+]c1cc([N+](=O)[O-])ccc1C. The molecule has 20 nitrogen and oxygen atoms in total. The van der Waals surface area contributed by atoms with Gasteiger partial charge in [0.05, 0.1) is 38.0 Å². The largest absolute Gasteiger partial charge is 0.463 e. The van der Waals surface area contributed by atoms with Crippen molar-refractivity contribution in [2.75, 3.05) is 5.73 Å². The molecule has 4 aromatic rings. The second-order valence-electron chi connectivity index (χ2n) is 9.19. The molecule has 0 saturated heterocycles. The first-order valence-corrected chi connectivity index (χ1v) is 14.6. The molecule has 0 fully saturated rings. The number of nitrogen functional groups attached to an aromatic ring is 1. The summed E-state index contributed by atoms with van der Waals surface area (Å²) in [6.07, 6.45) is 0.500. The number of nitrogens with zero attached hydrogens (tertiary/aromatic N) is 5. The molecule has 4 rings (SSSR count). The van der Waals surface area contributed by atoms with Crippen LogP contribution >= 0.6 is 23.2 Å². The molecule has 0 atom stereocenters. The highest BCUT2D eigenvalue weighted by molar-refractivity contribution is 6.32. The van der Waals surface area contributed by atoms with Gasteiger partial charge in [-0.05, 0) is 49.2 Å². The number of nitro groups is 3. The van der Waals surface area contributed by atoms with Crippen molar-refractivity contribution in [3.63, 3.8) is 0 Å². The van der Waals surface area contributed by atoms with Crippen LogP contribution in [0.3, 0.4) is 0 Å². The number of nitrogens with two attached hydrogens (primary N) is 1. The lowest BCUT2D eigenvalue weighted by Gasteiger charge is -2.01. The van der Waals surface area contributed by atoms with E-state index in [0.717, 1.165) is 17.2 Å². The van der Waals surface area contributed by atoms with Crippen LogP contribution in [0.4, 0.5) is 34.1 Å². The number of ether oxygens (including phenoxy) is 2. The Kier molecular flexibility index (Phi) is 24.9. The summed E-state index contributed by atoms with van der Waals surface area (Å²) in [5.41, 5.74) is 9.08. The second kappa shape index (κ2) is 27.8. The lowest BCUT2D eigenvalue weighted by Crippen LogP contribution is -1.93. The van der Waals surface area contributed by atoms with Gasteiger partial charge in [0.2, 0.25) is 0 Å². The van der Waals surface area contributed by atoms with Crippen LogP contribution in [0.15, 0.2) is 72.8 Å². The summed E-state index contributed by atoms with van der Waals surface area (Å²) in [4.78, 5) is 88.0. The van der Waals surface area contributed by atoms with Gasteiger partial charge in [-0.15, -0.1) is 0 Å². The third kappa shape index (κ3) is 19.9. The summed E-state index contributed by atoms with van der Waals surface area (Å²) < 4.78 is 8.90. The fraction of sp³-hybridized carbons (Fsp3) is 0.0909. The molecule has 0 unspecified atom stereocenters. The van der Waals surface area contributed by atoms with Crippen molar-refractivity contribution < 1.29 is 53.0 Å². The molecule has 0 aliphatic heterocycles. The van der Waals surface area contributed by atoms with Gasteiger partial charge in [0.1, 0.15) is 12.4 Å². The number of halogens is 2. The van der Waals surface area contributed by atoms with Crippen molar-refractivity contribution >= 4 is 82.6 Å². The average molecular weight is 799 g/mol. The second-order valence-corrected chi connectivity index (χ2v) is 10.0. The Morgan fingerprint density at radius 1 is 0.691 bits per heavy atom. The maximum absolute atomic E-state index is 10.3. The molecule has 2 N–H and O–H groups in total. The van der Waals surface area contributed by atoms with Gasteiger partial charge in [0.25, 0.3) is 30.0 Å². The smallest absolute Gasteiger partial charge is 0.373 e. The molecular weight excluding hydrogens is 775 g/mol. The number of carbonyl (C=O) groups is 2. The van der Waals surface area contributed by atoms with E-state index in [1.807, 2.05) is 13.0 Å². The Bertz CT molecular complexity index is 2110. The van der Waals surface area contributed by atoms with Crippen LogP contribution < -0.4 is 10.5 Å². The normalized spacial score (nSPS) is 8.47. The molecule has 0 aliphatic rings. The highest BCUT2D eigenvalue weighted by Gasteiger charge is 2.11. The van der Waals surface area contributed by atoms with E-state index in [0.29, 0.717) is 22.6 Å². The minimum atomic E-state index is -0.587. The summed E-state index contributed by atoms with van der Waals surface area (Å²) >= 11 is 11.3. The van der Waals surface area contributed by atoms with Crippen LogP contribution in [0, 0.1) is 57.3 Å². The summed E-state index contributed by atoms with van der Waals surface area (Å²) in [5.74, 6) is 0.0993. The molecule has 284 valence electrons. The lowest BCUT2D eigenvalue weighted by atomic mass is 10.2. The molecule has 0 aromatic heterocycles. The van der Waals surface area contributed by atoms with E-state index in [4.69, 9.17) is 61.3 Å². The van der Waals surface area contributed by atoms with Gasteiger partial charge < -0.3 is 15.2 Å². The minimum Gasteiger partial charge on any atom is -0.463 e. The third-order valence-corrected chi connectivity index (χ3v) is 6.38. The van der Waals surface area contributed by atoms with E-state index >= 15 is 0 Å². The van der Waals surface area contributed by atoms with Crippen LogP contribution in [-0.2, 0) is 40.1 Å². The van der Waals surface area contributed by atoms with Gasteiger partial charge in [-0.1, -0.05) is 35.3 Å². The molecule has 4 aromatic carbocycles. The average Bonchev–Trinajstić information content (AvgIpc) is 3.14. The Morgan fingerprint density at radius 2 is 1.11 bits per heavy atom. The van der Waals surface area contributed by atoms with E-state index in [-0.39, 0.29) is 64.7 Å². The summed E-state index contributed by atoms with van der Waals surface area (Å²) in [6.45, 7) is 17.6. The van der Waals surface area contributed by atoms with E-state index in [1.54, 1.807) is 25.1 Å². The van der Waals surface area contributed by atoms with Crippen molar-refractivity contribution in [1.29, 1.82) is 0 Å². The molecule has 22 heteroatoms. The number of hydrogen-bond acceptors (Lipinski definition) is 15. The van der Waals surface area contributed by atoms with Crippen LogP contribution in [0.5, 0.6) is 5.75 Å². The standard InChI is InChI=1S/C8H6ClNO4.C8H6N2O2.C8H8N2.C7H4ClNO4.2CO2/c9-8-3-7(10(12)13)2-1-6(8)4-14-5-11;1-6-3-4-7(10(11)12)5-8(6)9-2;1-6-3-4-7(9)5-8(6)10-2;8-6-3-5(9(11)12)1-2-7(6)13-4-10;2*2-1-3/h1-3,5H,4H2;3-5H,1H3;3-5H,9H2,1H3;1-4H;;. The van der Waals surface area contributed by atoms with Gasteiger partial charge in [0, 0.05) is 47.6 Å². The Morgan fingerprint density at radius 3 is 1.51 bits per heavy atom. The summed E-state index contributed by atoms with van der Waals surface area (Å²) in [7, 11) is 0. The monoisotopic (exact) mass is 798 g/mol. The van der Waals surface area contributed by atoms with E-state index in [1.165, 1.54) is 42.5 Å². The summed E-state index contributed by atoms with van der Waals surface area (Å²) in [5, 5.41) is 31.1. The van der Waals surface area contributed by atoms with Crippen LogP contribution in [0.2, 0.25) is 10.0 Å². The van der Waals surface area contributed by atoms with E-state index in [9.17, 15) is 39.9 Å².